The second-order valence-corrected chi connectivity index (χ2v) is 6.38. The molecule has 2 aromatic carbocycles. The van der Waals surface area contributed by atoms with Gasteiger partial charge >= 0.3 is 5.97 Å². The van der Waals surface area contributed by atoms with Gasteiger partial charge in [0.05, 0.1) is 5.56 Å². The summed E-state index contributed by atoms with van der Waals surface area (Å²) < 4.78 is 5.38. The zero-order chi connectivity index (χ0) is 17.8. The van der Waals surface area contributed by atoms with Crippen molar-refractivity contribution in [2.24, 2.45) is 0 Å². The van der Waals surface area contributed by atoms with Gasteiger partial charge in [0.1, 0.15) is 0 Å². The van der Waals surface area contributed by atoms with Gasteiger partial charge in [-0.2, -0.15) is 0 Å². The Labute approximate surface area is 148 Å². The number of aryl methyl sites for hydroxylation is 1. The number of ether oxygens (including phenoxy) is 1. The van der Waals surface area contributed by atoms with Gasteiger partial charge in [0.2, 0.25) is 0 Å². The van der Waals surface area contributed by atoms with Gasteiger partial charge in [-0.05, 0) is 48.6 Å². The molecular weight excluding hydrogens is 314 g/mol. The second-order valence-electron chi connectivity index (χ2n) is 6.38. The Hall–Kier alpha value is -2.62. The van der Waals surface area contributed by atoms with Crippen molar-refractivity contribution < 1.29 is 14.3 Å². The largest absolute Gasteiger partial charge is 0.449 e. The van der Waals surface area contributed by atoms with E-state index in [4.69, 9.17) is 4.74 Å². The average Bonchev–Trinajstić information content (AvgIpc) is 2.67. The molecule has 0 spiro atoms. The summed E-state index contributed by atoms with van der Waals surface area (Å²) in [5, 5.41) is 0. The number of benzene rings is 2. The minimum absolute atomic E-state index is 0.145. The van der Waals surface area contributed by atoms with Gasteiger partial charge in [0.25, 0.3) is 5.91 Å². The third kappa shape index (κ3) is 3.90. The lowest BCUT2D eigenvalue weighted by Gasteiger charge is -2.30. The number of hydrogen-bond acceptors (Lipinski definition) is 3. The smallest absolute Gasteiger partial charge is 0.338 e. The molecule has 1 atom stereocenters. The number of nitrogens with zero attached hydrogens (tertiary/aromatic N) is 1. The van der Waals surface area contributed by atoms with Crippen molar-refractivity contribution in [1.29, 1.82) is 0 Å². The van der Waals surface area contributed by atoms with Crippen LogP contribution in [-0.4, -0.2) is 29.4 Å². The molecule has 130 valence electrons. The molecular formula is C21H23NO3. The molecule has 0 aromatic heterocycles. The van der Waals surface area contributed by atoms with Crippen LogP contribution in [0.1, 0.15) is 40.9 Å². The Balaban J connectivity index is 1.61. The maximum absolute atomic E-state index is 12.6. The Kier molecular flexibility index (Phi) is 5.17. The highest BCUT2D eigenvalue weighted by molar-refractivity contribution is 5.92. The minimum Gasteiger partial charge on any atom is -0.449 e. The van der Waals surface area contributed by atoms with E-state index in [1.807, 2.05) is 30.3 Å². The number of carbonyl (C=O) groups excluding carboxylic acids is 2. The van der Waals surface area contributed by atoms with Gasteiger partial charge in [-0.25, -0.2) is 4.79 Å². The highest BCUT2D eigenvalue weighted by atomic mass is 16.5. The van der Waals surface area contributed by atoms with Gasteiger partial charge in [0, 0.05) is 13.1 Å². The molecule has 0 N–H and O–H groups in total. The molecule has 0 saturated carbocycles. The van der Waals surface area contributed by atoms with E-state index in [9.17, 15) is 9.59 Å². The Morgan fingerprint density at radius 2 is 1.76 bits per heavy atom. The first-order valence-electron chi connectivity index (χ1n) is 8.74. The second kappa shape index (κ2) is 7.51. The normalized spacial score (nSPS) is 14.6. The van der Waals surface area contributed by atoms with E-state index >= 15 is 0 Å². The van der Waals surface area contributed by atoms with Gasteiger partial charge in [0.15, 0.2) is 6.10 Å². The molecule has 3 rings (SSSR count). The quantitative estimate of drug-likeness (QED) is 0.804. The van der Waals surface area contributed by atoms with Crippen LogP contribution in [0.2, 0.25) is 0 Å². The SMILES string of the molecule is CCc1ccc(C(=O)O[C@H](C)C(=O)N2CCc3ccccc3C2)cc1. The molecule has 1 aliphatic heterocycles. The standard InChI is InChI=1S/C21H23NO3/c1-3-16-8-10-18(11-9-16)21(24)25-15(2)20(23)22-13-12-17-6-4-5-7-19(17)14-22/h4-11,15H,3,12-14H2,1-2H3/t15-/m1/s1. The molecule has 0 aliphatic carbocycles. The van der Waals surface area contributed by atoms with Crippen molar-refractivity contribution in [1.82, 2.24) is 4.90 Å². The molecule has 1 amide bonds. The number of esters is 1. The molecule has 2 aromatic rings. The summed E-state index contributed by atoms with van der Waals surface area (Å²) in [6.07, 6.45) is 0.963. The minimum atomic E-state index is -0.788. The van der Waals surface area contributed by atoms with Crippen LogP contribution in [0.25, 0.3) is 0 Å². The van der Waals surface area contributed by atoms with Crippen LogP contribution in [-0.2, 0) is 28.9 Å². The Morgan fingerprint density at radius 1 is 1.08 bits per heavy atom. The van der Waals surface area contributed by atoms with E-state index in [0.717, 1.165) is 24.0 Å². The van der Waals surface area contributed by atoms with Crippen LogP contribution >= 0.6 is 0 Å². The summed E-state index contributed by atoms with van der Waals surface area (Å²) in [7, 11) is 0. The van der Waals surface area contributed by atoms with E-state index in [2.05, 4.69) is 13.0 Å². The van der Waals surface area contributed by atoms with Gasteiger partial charge in [-0.3, -0.25) is 4.79 Å². The molecule has 25 heavy (non-hydrogen) atoms. The molecule has 1 aliphatic rings. The third-order valence-corrected chi connectivity index (χ3v) is 4.67. The van der Waals surface area contributed by atoms with Crippen molar-refractivity contribution in [3.8, 4) is 0 Å². The fourth-order valence-electron chi connectivity index (χ4n) is 3.10. The first kappa shape index (κ1) is 17.2. The lowest BCUT2D eigenvalue weighted by atomic mass is 9.99. The summed E-state index contributed by atoms with van der Waals surface area (Å²) in [5.41, 5.74) is 4.08. The van der Waals surface area contributed by atoms with Crippen LogP contribution in [0.5, 0.6) is 0 Å². The molecule has 4 nitrogen and oxygen atoms in total. The fourth-order valence-corrected chi connectivity index (χ4v) is 3.10. The fraction of sp³-hybridized carbons (Fsp3) is 0.333. The van der Waals surface area contributed by atoms with E-state index < -0.39 is 12.1 Å². The molecule has 4 heteroatoms. The van der Waals surface area contributed by atoms with Crippen LogP contribution < -0.4 is 0 Å². The van der Waals surface area contributed by atoms with Crippen molar-refractivity contribution in [3.05, 3.63) is 70.8 Å². The van der Waals surface area contributed by atoms with Crippen molar-refractivity contribution in [2.75, 3.05) is 6.54 Å². The van der Waals surface area contributed by atoms with Crippen LogP contribution in [0.3, 0.4) is 0 Å². The highest BCUT2D eigenvalue weighted by Crippen LogP contribution is 2.19. The summed E-state index contributed by atoms with van der Waals surface area (Å²) in [5.74, 6) is -0.603. The van der Waals surface area contributed by atoms with Crippen LogP contribution in [0, 0.1) is 0 Å². The predicted octanol–water partition coefficient (Wildman–Crippen LogP) is 3.38. The first-order chi connectivity index (χ1) is 12.1. The monoisotopic (exact) mass is 337 g/mol. The van der Waals surface area contributed by atoms with E-state index in [1.165, 1.54) is 5.56 Å². The zero-order valence-corrected chi connectivity index (χ0v) is 14.7. The van der Waals surface area contributed by atoms with Crippen molar-refractivity contribution >= 4 is 11.9 Å². The number of carbonyl (C=O) groups is 2. The van der Waals surface area contributed by atoms with Gasteiger partial charge < -0.3 is 9.64 Å². The van der Waals surface area contributed by atoms with Crippen molar-refractivity contribution in [3.63, 3.8) is 0 Å². The topological polar surface area (TPSA) is 46.6 Å². The summed E-state index contributed by atoms with van der Waals surface area (Å²) in [4.78, 5) is 26.6. The maximum atomic E-state index is 12.6. The number of hydrogen-bond donors (Lipinski definition) is 0. The summed E-state index contributed by atoms with van der Waals surface area (Å²) >= 11 is 0. The third-order valence-electron chi connectivity index (χ3n) is 4.67. The molecule has 0 unspecified atom stereocenters. The molecule has 0 saturated heterocycles. The molecule has 0 radical (unpaired) electrons. The molecule has 0 fully saturated rings. The zero-order valence-electron chi connectivity index (χ0n) is 14.7. The molecule has 1 heterocycles. The van der Waals surface area contributed by atoms with Crippen LogP contribution in [0.4, 0.5) is 0 Å². The van der Waals surface area contributed by atoms with E-state index in [-0.39, 0.29) is 5.91 Å². The number of fused-ring (bicyclic) bond motifs is 1. The lowest BCUT2D eigenvalue weighted by molar-refractivity contribution is -0.140. The maximum Gasteiger partial charge on any atom is 0.338 e. The van der Waals surface area contributed by atoms with Crippen molar-refractivity contribution in [2.45, 2.75) is 39.3 Å². The summed E-state index contributed by atoms with van der Waals surface area (Å²) in [6.45, 7) is 4.93. The van der Waals surface area contributed by atoms with E-state index in [1.54, 1.807) is 24.0 Å². The highest BCUT2D eigenvalue weighted by Gasteiger charge is 2.27. The Morgan fingerprint density at radius 3 is 2.44 bits per heavy atom. The summed E-state index contributed by atoms with van der Waals surface area (Å²) in [6, 6.07) is 15.4. The number of rotatable bonds is 4. The first-order valence-corrected chi connectivity index (χ1v) is 8.74. The van der Waals surface area contributed by atoms with Gasteiger partial charge in [-0.1, -0.05) is 43.3 Å². The molecule has 0 bridgehead atoms. The predicted molar refractivity (Wildman–Crippen MR) is 96.3 cm³/mol. The Bertz CT molecular complexity index is 767. The average molecular weight is 337 g/mol. The van der Waals surface area contributed by atoms with Crippen LogP contribution in [0.15, 0.2) is 48.5 Å². The van der Waals surface area contributed by atoms with E-state index in [0.29, 0.717) is 18.7 Å². The van der Waals surface area contributed by atoms with Gasteiger partial charge in [-0.15, -0.1) is 0 Å². The lowest BCUT2D eigenvalue weighted by Crippen LogP contribution is -2.42. The number of amides is 1.